The molecule has 4 heteroatoms. The average molecular weight is 266 g/mol. The van der Waals surface area contributed by atoms with Crippen LogP contribution >= 0.6 is 0 Å². The van der Waals surface area contributed by atoms with Gasteiger partial charge in [-0.1, -0.05) is 43.5 Å². The maximum absolute atomic E-state index is 5.89. The lowest BCUT2D eigenvalue weighted by molar-refractivity contribution is 0.00578. The van der Waals surface area contributed by atoms with Crippen molar-refractivity contribution >= 4 is 15.2 Å². The molecule has 1 heterocycles. The highest BCUT2D eigenvalue weighted by Crippen LogP contribution is 2.36. The van der Waals surface area contributed by atoms with Crippen molar-refractivity contribution < 1.29 is 9.31 Å². The van der Waals surface area contributed by atoms with Gasteiger partial charge in [0.15, 0.2) is 0 Å². The van der Waals surface area contributed by atoms with E-state index in [1.807, 2.05) is 5.98 Å². The van der Waals surface area contributed by atoms with Gasteiger partial charge in [0.05, 0.1) is 19.3 Å². The molecule has 0 aromatic heterocycles. The lowest BCUT2D eigenvalue weighted by Crippen LogP contribution is -2.41. The SMILES string of the molecule is CC1(C)OB(/C=C/C/C=C/[Si](C)(C)C)OC1(C)C. The highest BCUT2D eigenvalue weighted by molar-refractivity contribution is 6.80. The molecule has 0 atom stereocenters. The molecule has 0 aliphatic carbocycles. The van der Waals surface area contributed by atoms with E-state index in [9.17, 15) is 0 Å². The van der Waals surface area contributed by atoms with Crippen LogP contribution in [0.15, 0.2) is 23.8 Å². The quantitative estimate of drug-likeness (QED) is 0.716. The third-order valence-electron chi connectivity index (χ3n) is 3.45. The van der Waals surface area contributed by atoms with E-state index in [1.165, 1.54) is 0 Å². The van der Waals surface area contributed by atoms with Gasteiger partial charge < -0.3 is 9.31 Å². The zero-order valence-corrected chi connectivity index (χ0v) is 13.9. The zero-order chi connectivity index (χ0) is 14.0. The van der Waals surface area contributed by atoms with Crippen LogP contribution in [0.25, 0.3) is 0 Å². The Labute approximate surface area is 114 Å². The maximum Gasteiger partial charge on any atom is 0.486 e. The van der Waals surface area contributed by atoms with Crippen LogP contribution in [0.5, 0.6) is 0 Å². The summed E-state index contributed by atoms with van der Waals surface area (Å²) in [5.74, 6) is 2.02. The fourth-order valence-corrected chi connectivity index (χ4v) is 2.50. The summed E-state index contributed by atoms with van der Waals surface area (Å²) in [6.45, 7) is 15.3. The van der Waals surface area contributed by atoms with Gasteiger partial charge in [-0.2, -0.15) is 0 Å². The van der Waals surface area contributed by atoms with Gasteiger partial charge in [-0.3, -0.25) is 0 Å². The van der Waals surface area contributed by atoms with E-state index in [0.29, 0.717) is 0 Å². The van der Waals surface area contributed by atoms with Crippen LogP contribution in [-0.2, 0) is 9.31 Å². The summed E-state index contributed by atoms with van der Waals surface area (Å²) in [6, 6.07) is 0. The molecule has 1 fully saturated rings. The summed E-state index contributed by atoms with van der Waals surface area (Å²) in [5, 5.41) is 0. The largest absolute Gasteiger partial charge is 0.486 e. The topological polar surface area (TPSA) is 18.5 Å². The van der Waals surface area contributed by atoms with E-state index in [2.05, 4.69) is 65.2 Å². The molecule has 102 valence electrons. The van der Waals surface area contributed by atoms with Gasteiger partial charge in [-0.25, -0.2) is 0 Å². The number of allylic oxidation sites excluding steroid dienone is 2. The molecule has 0 aromatic rings. The molecular formula is C14H27BO2Si. The van der Waals surface area contributed by atoms with E-state index < -0.39 is 8.07 Å². The second-order valence-corrected chi connectivity index (χ2v) is 12.1. The Balaban J connectivity index is 2.44. The molecule has 1 aliphatic heterocycles. The van der Waals surface area contributed by atoms with Crippen LogP contribution < -0.4 is 0 Å². The standard InChI is InChI=1S/C14H27BO2Si/c1-13(2)14(3,4)17-15(16-13)11-9-8-10-12-18(5,6)7/h9-12H,8H2,1-7H3/b11-9+,12-10+. The molecule has 1 rings (SSSR count). The molecule has 1 aliphatic rings. The Morgan fingerprint density at radius 1 is 0.944 bits per heavy atom. The number of hydrogen-bond acceptors (Lipinski definition) is 2. The van der Waals surface area contributed by atoms with Gasteiger partial charge in [-0.05, 0) is 34.1 Å². The molecule has 1 saturated heterocycles. The van der Waals surface area contributed by atoms with Gasteiger partial charge in [0, 0.05) is 0 Å². The minimum absolute atomic E-state index is 0.213. The Hall–Kier alpha value is -0.318. The van der Waals surface area contributed by atoms with E-state index in [4.69, 9.17) is 9.31 Å². The summed E-state index contributed by atoms with van der Waals surface area (Å²) in [4.78, 5) is 0. The Morgan fingerprint density at radius 2 is 1.44 bits per heavy atom. The Kier molecular flexibility index (Phi) is 4.68. The molecular weight excluding hydrogens is 239 g/mol. The number of rotatable bonds is 4. The average Bonchev–Trinajstić information content (AvgIpc) is 2.32. The van der Waals surface area contributed by atoms with Crippen LogP contribution in [-0.4, -0.2) is 26.4 Å². The van der Waals surface area contributed by atoms with Crippen LogP contribution in [0.3, 0.4) is 0 Å². The third-order valence-corrected chi connectivity index (χ3v) is 4.69. The van der Waals surface area contributed by atoms with E-state index in [0.717, 1.165) is 6.42 Å². The molecule has 0 aromatic carbocycles. The van der Waals surface area contributed by atoms with Crippen molar-refractivity contribution in [1.82, 2.24) is 0 Å². The van der Waals surface area contributed by atoms with Crippen LogP contribution in [0.2, 0.25) is 19.6 Å². The number of hydrogen-bond donors (Lipinski definition) is 0. The van der Waals surface area contributed by atoms with E-state index in [-0.39, 0.29) is 18.3 Å². The molecule has 0 bridgehead atoms. The summed E-state index contributed by atoms with van der Waals surface area (Å²) < 4.78 is 11.8. The van der Waals surface area contributed by atoms with Crippen LogP contribution in [0, 0.1) is 0 Å². The molecule has 0 amide bonds. The predicted octanol–water partition coefficient (Wildman–Crippen LogP) is 4.00. The first-order valence-electron chi connectivity index (χ1n) is 6.73. The first kappa shape index (κ1) is 15.7. The molecule has 0 radical (unpaired) electrons. The van der Waals surface area contributed by atoms with Crippen molar-refractivity contribution in [1.29, 1.82) is 0 Å². The van der Waals surface area contributed by atoms with Crippen molar-refractivity contribution in [3.05, 3.63) is 23.8 Å². The van der Waals surface area contributed by atoms with Crippen LogP contribution in [0.1, 0.15) is 34.1 Å². The fraction of sp³-hybridized carbons (Fsp3) is 0.714. The van der Waals surface area contributed by atoms with Gasteiger partial charge in [0.1, 0.15) is 0 Å². The zero-order valence-electron chi connectivity index (χ0n) is 12.9. The summed E-state index contributed by atoms with van der Waals surface area (Å²) in [7, 11) is -1.27. The molecule has 0 saturated carbocycles. The first-order valence-corrected chi connectivity index (χ1v) is 10.3. The summed E-state index contributed by atoms with van der Waals surface area (Å²) in [5.41, 5.74) is 1.88. The predicted molar refractivity (Wildman–Crippen MR) is 82.3 cm³/mol. The van der Waals surface area contributed by atoms with Crippen LogP contribution in [0.4, 0.5) is 0 Å². The van der Waals surface area contributed by atoms with Gasteiger partial charge >= 0.3 is 7.12 Å². The Morgan fingerprint density at radius 3 is 1.89 bits per heavy atom. The van der Waals surface area contributed by atoms with Crippen molar-refractivity contribution in [2.75, 3.05) is 0 Å². The molecule has 0 unspecified atom stereocenters. The first-order chi connectivity index (χ1) is 8.04. The second kappa shape index (κ2) is 5.35. The van der Waals surface area contributed by atoms with Crippen molar-refractivity contribution in [3.8, 4) is 0 Å². The van der Waals surface area contributed by atoms with Gasteiger partial charge in [0.25, 0.3) is 0 Å². The van der Waals surface area contributed by atoms with E-state index >= 15 is 0 Å². The minimum Gasteiger partial charge on any atom is -0.400 e. The Bertz CT molecular complexity index is 324. The van der Waals surface area contributed by atoms with Gasteiger partial charge in [0.2, 0.25) is 0 Å². The van der Waals surface area contributed by atoms with Gasteiger partial charge in [-0.15, -0.1) is 0 Å². The smallest absolute Gasteiger partial charge is 0.400 e. The molecule has 18 heavy (non-hydrogen) atoms. The molecule has 0 spiro atoms. The third kappa shape index (κ3) is 4.41. The summed E-state index contributed by atoms with van der Waals surface area (Å²) >= 11 is 0. The molecule has 0 N–H and O–H groups in total. The fourth-order valence-electron chi connectivity index (χ4n) is 1.66. The maximum atomic E-state index is 5.89. The normalized spacial score (nSPS) is 23.4. The van der Waals surface area contributed by atoms with Crippen molar-refractivity contribution in [2.24, 2.45) is 0 Å². The van der Waals surface area contributed by atoms with Crippen molar-refractivity contribution in [3.63, 3.8) is 0 Å². The monoisotopic (exact) mass is 266 g/mol. The molecule has 2 nitrogen and oxygen atoms in total. The lowest BCUT2D eigenvalue weighted by Gasteiger charge is -2.32. The lowest BCUT2D eigenvalue weighted by atomic mass is 9.90. The second-order valence-electron chi connectivity index (χ2n) is 7.06. The van der Waals surface area contributed by atoms with Crippen molar-refractivity contribution in [2.45, 2.75) is 65.0 Å². The highest BCUT2D eigenvalue weighted by atomic mass is 28.3. The minimum atomic E-state index is -1.06. The summed E-state index contributed by atoms with van der Waals surface area (Å²) in [6.07, 6.45) is 5.32. The highest BCUT2D eigenvalue weighted by Gasteiger charge is 2.49. The van der Waals surface area contributed by atoms with E-state index in [1.54, 1.807) is 0 Å².